The van der Waals surface area contributed by atoms with E-state index in [-0.39, 0.29) is 6.61 Å². The SMILES string of the molecule is CC(C)S(=O)(=O)N(C)Cc1cccc(C#CCCO)c1. The summed E-state index contributed by atoms with van der Waals surface area (Å²) in [5.41, 5.74) is 1.72. The summed E-state index contributed by atoms with van der Waals surface area (Å²) in [4.78, 5) is 0. The molecule has 0 aliphatic carbocycles. The first-order valence-electron chi connectivity index (χ1n) is 6.51. The molecule has 0 saturated carbocycles. The van der Waals surface area contributed by atoms with Crippen molar-refractivity contribution in [1.82, 2.24) is 4.31 Å². The van der Waals surface area contributed by atoms with Gasteiger partial charge in [0.2, 0.25) is 10.0 Å². The third kappa shape index (κ3) is 4.64. The standard InChI is InChI=1S/C15H21NO3S/c1-13(2)20(18,19)16(3)12-15-9-6-8-14(11-15)7-4-5-10-17/h6,8-9,11,13,17H,5,10,12H2,1-3H3. The molecule has 5 heteroatoms. The molecule has 0 amide bonds. The van der Waals surface area contributed by atoms with E-state index >= 15 is 0 Å². The molecule has 0 bridgehead atoms. The predicted octanol–water partition coefficient (Wildman–Crippen LogP) is 1.59. The van der Waals surface area contributed by atoms with Gasteiger partial charge in [-0.15, -0.1) is 0 Å². The fourth-order valence-corrected chi connectivity index (χ4v) is 2.72. The Morgan fingerprint density at radius 3 is 2.65 bits per heavy atom. The average molecular weight is 295 g/mol. The Bertz CT molecular complexity index is 597. The summed E-state index contributed by atoms with van der Waals surface area (Å²) in [6.45, 7) is 3.71. The molecule has 0 unspecified atom stereocenters. The normalized spacial score (nSPS) is 11.5. The second kappa shape index (κ2) is 7.44. The van der Waals surface area contributed by atoms with Gasteiger partial charge < -0.3 is 5.11 Å². The lowest BCUT2D eigenvalue weighted by atomic mass is 10.1. The Kier molecular flexibility index (Phi) is 6.21. The molecule has 0 aromatic heterocycles. The van der Waals surface area contributed by atoms with Crippen LogP contribution in [0, 0.1) is 11.8 Å². The monoisotopic (exact) mass is 295 g/mol. The van der Waals surface area contributed by atoms with Crippen molar-refractivity contribution in [1.29, 1.82) is 0 Å². The molecule has 1 aromatic rings. The second-order valence-corrected chi connectivity index (χ2v) is 7.42. The van der Waals surface area contributed by atoms with Crippen LogP contribution in [0.15, 0.2) is 24.3 Å². The molecule has 1 N–H and O–H groups in total. The highest BCUT2D eigenvalue weighted by atomic mass is 32.2. The zero-order valence-corrected chi connectivity index (χ0v) is 12.9. The van der Waals surface area contributed by atoms with E-state index in [1.807, 2.05) is 24.3 Å². The molecular weight excluding hydrogens is 274 g/mol. The molecule has 0 heterocycles. The number of hydrogen-bond donors (Lipinski definition) is 1. The van der Waals surface area contributed by atoms with Gasteiger partial charge in [-0.2, -0.15) is 0 Å². The molecule has 0 aliphatic rings. The highest BCUT2D eigenvalue weighted by molar-refractivity contribution is 7.89. The number of aliphatic hydroxyl groups is 1. The van der Waals surface area contributed by atoms with Crippen molar-refractivity contribution >= 4 is 10.0 Å². The Hall–Kier alpha value is -1.35. The maximum Gasteiger partial charge on any atom is 0.216 e. The number of benzene rings is 1. The summed E-state index contributed by atoms with van der Waals surface area (Å²) in [5.74, 6) is 5.79. The summed E-state index contributed by atoms with van der Waals surface area (Å²) >= 11 is 0. The van der Waals surface area contributed by atoms with E-state index in [4.69, 9.17) is 5.11 Å². The van der Waals surface area contributed by atoms with Crippen molar-refractivity contribution < 1.29 is 13.5 Å². The van der Waals surface area contributed by atoms with Gasteiger partial charge in [-0.05, 0) is 31.5 Å². The van der Waals surface area contributed by atoms with Gasteiger partial charge >= 0.3 is 0 Å². The van der Waals surface area contributed by atoms with Crippen LogP contribution in [-0.2, 0) is 16.6 Å². The van der Waals surface area contributed by atoms with Gasteiger partial charge in [0, 0.05) is 25.6 Å². The molecule has 1 aromatic carbocycles. The first kappa shape index (κ1) is 16.7. The average Bonchev–Trinajstić information content (AvgIpc) is 2.39. The smallest absolute Gasteiger partial charge is 0.216 e. The van der Waals surface area contributed by atoms with Crippen LogP contribution in [0.2, 0.25) is 0 Å². The molecule has 4 nitrogen and oxygen atoms in total. The predicted molar refractivity (Wildman–Crippen MR) is 80.5 cm³/mol. The number of aliphatic hydroxyl groups excluding tert-OH is 1. The lowest BCUT2D eigenvalue weighted by Crippen LogP contribution is -2.32. The molecule has 0 saturated heterocycles. The van der Waals surface area contributed by atoms with Crippen LogP contribution < -0.4 is 0 Å². The third-order valence-electron chi connectivity index (χ3n) is 2.83. The Labute approximate surface area is 121 Å². The molecule has 110 valence electrons. The van der Waals surface area contributed by atoms with Gasteiger partial charge in [0.05, 0.1) is 11.9 Å². The highest BCUT2D eigenvalue weighted by Gasteiger charge is 2.21. The fourth-order valence-electron chi connectivity index (χ4n) is 1.67. The van der Waals surface area contributed by atoms with Crippen LogP contribution in [-0.4, -0.2) is 36.7 Å². The van der Waals surface area contributed by atoms with Gasteiger partial charge in [0.1, 0.15) is 0 Å². The van der Waals surface area contributed by atoms with Crippen molar-refractivity contribution in [3.63, 3.8) is 0 Å². The van der Waals surface area contributed by atoms with E-state index in [9.17, 15) is 8.42 Å². The van der Waals surface area contributed by atoms with E-state index in [0.717, 1.165) is 11.1 Å². The molecular formula is C15H21NO3S. The van der Waals surface area contributed by atoms with Crippen molar-refractivity contribution in [2.24, 2.45) is 0 Å². The van der Waals surface area contributed by atoms with Crippen LogP contribution in [0.4, 0.5) is 0 Å². The largest absolute Gasteiger partial charge is 0.395 e. The zero-order chi connectivity index (χ0) is 15.2. The van der Waals surface area contributed by atoms with Crippen LogP contribution in [0.25, 0.3) is 0 Å². The van der Waals surface area contributed by atoms with Gasteiger partial charge in [-0.25, -0.2) is 12.7 Å². The summed E-state index contributed by atoms with van der Waals surface area (Å²) < 4.78 is 25.4. The minimum atomic E-state index is -3.24. The van der Waals surface area contributed by atoms with Crippen LogP contribution >= 0.6 is 0 Å². The zero-order valence-electron chi connectivity index (χ0n) is 12.1. The molecule has 0 spiro atoms. The summed E-state index contributed by atoms with van der Waals surface area (Å²) in [6, 6.07) is 7.47. The van der Waals surface area contributed by atoms with Crippen molar-refractivity contribution in [2.45, 2.75) is 32.1 Å². The van der Waals surface area contributed by atoms with E-state index in [0.29, 0.717) is 13.0 Å². The minimum Gasteiger partial charge on any atom is -0.395 e. The highest BCUT2D eigenvalue weighted by Crippen LogP contribution is 2.12. The number of rotatable bonds is 5. The fraction of sp³-hybridized carbons (Fsp3) is 0.467. The van der Waals surface area contributed by atoms with Crippen LogP contribution in [0.5, 0.6) is 0 Å². The lowest BCUT2D eigenvalue weighted by molar-refractivity contribution is 0.305. The van der Waals surface area contributed by atoms with Crippen LogP contribution in [0.1, 0.15) is 31.4 Å². The first-order valence-corrected chi connectivity index (χ1v) is 8.02. The molecule has 1 rings (SSSR count). The molecule has 0 radical (unpaired) electrons. The van der Waals surface area contributed by atoms with Crippen molar-refractivity contribution in [2.75, 3.05) is 13.7 Å². The van der Waals surface area contributed by atoms with Gasteiger partial charge in [0.25, 0.3) is 0 Å². The first-order chi connectivity index (χ1) is 9.37. The van der Waals surface area contributed by atoms with Gasteiger partial charge in [0.15, 0.2) is 0 Å². The number of hydrogen-bond acceptors (Lipinski definition) is 3. The van der Waals surface area contributed by atoms with Crippen LogP contribution in [0.3, 0.4) is 0 Å². The summed E-state index contributed by atoms with van der Waals surface area (Å²) in [6.07, 6.45) is 0.436. The maximum absolute atomic E-state index is 12.0. The minimum absolute atomic E-state index is 0.0437. The third-order valence-corrected chi connectivity index (χ3v) is 5.02. The van der Waals surface area contributed by atoms with E-state index in [2.05, 4.69) is 11.8 Å². The van der Waals surface area contributed by atoms with E-state index in [1.54, 1.807) is 20.9 Å². The number of nitrogens with zero attached hydrogens (tertiary/aromatic N) is 1. The summed E-state index contributed by atoms with van der Waals surface area (Å²) in [7, 11) is -1.66. The van der Waals surface area contributed by atoms with Crippen molar-refractivity contribution in [3.8, 4) is 11.8 Å². The summed E-state index contributed by atoms with van der Waals surface area (Å²) in [5, 5.41) is 8.25. The maximum atomic E-state index is 12.0. The number of sulfonamides is 1. The topological polar surface area (TPSA) is 57.6 Å². The van der Waals surface area contributed by atoms with Gasteiger partial charge in [-0.3, -0.25) is 0 Å². The Balaban J connectivity index is 2.85. The Morgan fingerprint density at radius 1 is 1.35 bits per heavy atom. The molecule has 0 aliphatic heterocycles. The lowest BCUT2D eigenvalue weighted by Gasteiger charge is -2.19. The van der Waals surface area contributed by atoms with E-state index in [1.165, 1.54) is 4.31 Å². The molecule has 20 heavy (non-hydrogen) atoms. The quantitative estimate of drug-likeness (QED) is 0.839. The molecule has 0 atom stereocenters. The Morgan fingerprint density at radius 2 is 2.05 bits per heavy atom. The van der Waals surface area contributed by atoms with E-state index < -0.39 is 15.3 Å². The second-order valence-electron chi connectivity index (χ2n) is 4.83. The van der Waals surface area contributed by atoms with Crippen molar-refractivity contribution in [3.05, 3.63) is 35.4 Å². The molecule has 0 fully saturated rings. The van der Waals surface area contributed by atoms with Gasteiger partial charge in [-0.1, -0.05) is 24.0 Å².